The number of benzene rings is 2. The van der Waals surface area contributed by atoms with Crippen LogP contribution in [-0.2, 0) is 14.3 Å². The maximum absolute atomic E-state index is 12.7. The molecule has 2 aliphatic carbocycles. The molecule has 7 heteroatoms. The topological polar surface area (TPSA) is 105 Å². The minimum Gasteiger partial charge on any atom is -0.481 e. The summed E-state index contributed by atoms with van der Waals surface area (Å²) >= 11 is 0. The molecule has 0 radical (unpaired) electrons. The molecule has 0 unspecified atom stereocenters. The number of carboxylic acid groups (broad SMARTS) is 1. The van der Waals surface area contributed by atoms with Crippen molar-refractivity contribution >= 4 is 18.0 Å². The van der Waals surface area contributed by atoms with Crippen LogP contribution in [0.15, 0.2) is 48.5 Å². The SMILES string of the molecule is O=C(O)CCCCCCNC(=O)[C@@H]1CCC[C@@H]1NC(=O)OCC1c2ccccc2-c2ccccc21. The van der Waals surface area contributed by atoms with Crippen LogP contribution in [-0.4, -0.2) is 42.3 Å². The summed E-state index contributed by atoms with van der Waals surface area (Å²) in [5.41, 5.74) is 4.71. The molecule has 2 aromatic carbocycles. The van der Waals surface area contributed by atoms with Crippen molar-refractivity contribution in [1.29, 1.82) is 0 Å². The fraction of sp³-hybridized carbons (Fsp3) is 0.464. The smallest absolute Gasteiger partial charge is 0.407 e. The third kappa shape index (κ3) is 6.21. The Hall–Kier alpha value is -3.35. The summed E-state index contributed by atoms with van der Waals surface area (Å²) in [6, 6.07) is 16.2. The van der Waals surface area contributed by atoms with Crippen LogP contribution in [0.4, 0.5) is 4.79 Å². The predicted octanol–water partition coefficient (Wildman–Crippen LogP) is 4.85. The van der Waals surface area contributed by atoms with E-state index in [0.29, 0.717) is 13.0 Å². The van der Waals surface area contributed by atoms with Crippen molar-refractivity contribution in [1.82, 2.24) is 10.6 Å². The third-order valence-electron chi connectivity index (χ3n) is 7.12. The van der Waals surface area contributed by atoms with E-state index in [-0.39, 0.29) is 36.8 Å². The number of carboxylic acids is 1. The van der Waals surface area contributed by atoms with E-state index in [1.807, 2.05) is 24.3 Å². The van der Waals surface area contributed by atoms with Gasteiger partial charge in [0.15, 0.2) is 0 Å². The zero-order valence-electron chi connectivity index (χ0n) is 20.0. The van der Waals surface area contributed by atoms with Crippen LogP contribution < -0.4 is 10.6 Å². The van der Waals surface area contributed by atoms with E-state index >= 15 is 0 Å². The van der Waals surface area contributed by atoms with Gasteiger partial charge >= 0.3 is 12.1 Å². The lowest BCUT2D eigenvalue weighted by atomic mass is 9.98. The molecule has 3 N–H and O–H groups in total. The Labute approximate surface area is 206 Å². The molecule has 4 rings (SSSR count). The average molecular weight is 479 g/mol. The molecule has 1 saturated carbocycles. The molecular weight excluding hydrogens is 444 g/mol. The molecular formula is C28H34N2O5. The molecule has 0 aromatic heterocycles. The molecule has 0 heterocycles. The fourth-order valence-corrected chi connectivity index (χ4v) is 5.34. The summed E-state index contributed by atoms with van der Waals surface area (Å²) < 4.78 is 5.66. The largest absolute Gasteiger partial charge is 0.481 e. The highest BCUT2D eigenvalue weighted by Gasteiger charge is 2.35. The number of carbonyl (C=O) groups excluding carboxylic acids is 2. The first-order valence-electron chi connectivity index (χ1n) is 12.7. The second-order valence-electron chi connectivity index (χ2n) is 9.46. The number of amides is 2. The van der Waals surface area contributed by atoms with Gasteiger partial charge < -0.3 is 20.5 Å². The number of ether oxygens (including phenoxy) is 1. The highest BCUT2D eigenvalue weighted by molar-refractivity contribution is 5.81. The maximum Gasteiger partial charge on any atom is 0.407 e. The number of nitrogens with one attached hydrogen (secondary N) is 2. The lowest BCUT2D eigenvalue weighted by Crippen LogP contribution is -2.44. The summed E-state index contributed by atoms with van der Waals surface area (Å²) in [5, 5.41) is 14.6. The molecule has 2 atom stereocenters. The van der Waals surface area contributed by atoms with E-state index in [4.69, 9.17) is 9.84 Å². The van der Waals surface area contributed by atoms with Crippen LogP contribution in [0.1, 0.15) is 68.4 Å². The molecule has 7 nitrogen and oxygen atoms in total. The van der Waals surface area contributed by atoms with Gasteiger partial charge in [0, 0.05) is 24.9 Å². The normalized spacial score (nSPS) is 18.5. The van der Waals surface area contributed by atoms with Crippen molar-refractivity contribution in [3.63, 3.8) is 0 Å². The lowest BCUT2D eigenvalue weighted by Gasteiger charge is -2.21. The van der Waals surface area contributed by atoms with E-state index in [1.165, 1.54) is 22.3 Å². The molecule has 1 fully saturated rings. The molecule has 2 amide bonds. The maximum atomic E-state index is 12.7. The molecule has 0 bridgehead atoms. The Morgan fingerprint density at radius 2 is 1.54 bits per heavy atom. The highest BCUT2D eigenvalue weighted by Crippen LogP contribution is 2.44. The van der Waals surface area contributed by atoms with Crippen molar-refractivity contribution in [2.75, 3.05) is 13.2 Å². The Morgan fingerprint density at radius 1 is 0.886 bits per heavy atom. The predicted molar refractivity (Wildman–Crippen MR) is 133 cm³/mol. The number of aliphatic carboxylic acids is 1. The molecule has 186 valence electrons. The van der Waals surface area contributed by atoms with Crippen molar-refractivity contribution in [3.05, 3.63) is 59.7 Å². The van der Waals surface area contributed by atoms with Gasteiger partial charge in [-0.25, -0.2) is 4.79 Å². The Kier molecular flexibility index (Phi) is 8.40. The van der Waals surface area contributed by atoms with Crippen molar-refractivity contribution in [2.24, 2.45) is 5.92 Å². The Balaban J connectivity index is 1.22. The minimum atomic E-state index is -0.769. The van der Waals surface area contributed by atoms with E-state index < -0.39 is 12.1 Å². The van der Waals surface area contributed by atoms with Crippen molar-refractivity contribution in [3.8, 4) is 11.1 Å². The van der Waals surface area contributed by atoms with Gasteiger partial charge in [0.25, 0.3) is 0 Å². The number of carbonyl (C=O) groups is 3. The summed E-state index contributed by atoms with van der Waals surface area (Å²) in [6.45, 7) is 0.825. The zero-order chi connectivity index (χ0) is 24.6. The number of fused-ring (bicyclic) bond motifs is 3. The van der Waals surface area contributed by atoms with Crippen molar-refractivity contribution < 1.29 is 24.2 Å². The second-order valence-corrected chi connectivity index (χ2v) is 9.46. The van der Waals surface area contributed by atoms with Gasteiger partial charge in [0.2, 0.25) is 5.91 Å². The van der Waals surface area contributed by atoms with E-state index in [0.717, 1.165) is 38.5 Å². The van der Waals surface area contributed by atoms with Crippen LogP contribution >= 0.6 is 0 Å². The first-order chi connectivity index (χ1) is 17.0. The highest BCUT2D eigenvalue weighted by atomic mass is 16.5. The van der Waals surface area contributed by atoms with Gasteiger partial charge in [-0.05, 0) is 47.9 Å². The Bertz CT molecular complexity index is 1010. The molecule has 0 aliphatic heterocycles. The van der Waals surface area contributed by atoms with Gasteiger partial charge in [0.05, 0.1) is 5.92 Å². The summed E-state index contributed by atoms with van der Waals surface area (Å²) in [7, 11) is 0. The van der Waals surface area contributed by atoms with Gasteiger partial charge in [-0.1, -0.05) is 67.8 Å². The van der Waals surface area contributed by atoms with E-state index in [2.05, 4.69) is 34.9 Å². The van der Waals surface area contributed by atoms with E-state index in [1.54, 1.807) is 0 Å². The monoisotopic (exact) mass is 478 g/mol. The fourth-order valence-electron chi connectivity index (χ4n) is 5.34. The molecule has 2 aromatic rings. The van der Waals surface area contributed by atoms with Crippen LogP contribution in [0.5, 0.6) is 0 Å². The first-order valence-corrected chi connectivity index (χ1v) is 12.7. The number of rotatable bonds is 11. The molecule has 35 heavy (non-hydrogen) atoms. The van der Waals surface area contributed by atoms with Crippen LogP contribution in [0.2, 0.25) is 0 Å². The second kappa shape index (κ2) is 11.9. The van der Waals surface area contributed by atoms with Gasteiger partial charge in [0.1, 0.15) is 6.61 Å². The standard InChI is InChI=1S/C28H34N2O5/c31-26(32)16-3-1-2-8-17-29-27(33)23-14-9-15-25(23)30-28(34)35-18-24-21-12-6-4-10-19(21)20-11-5-7-13-22(20)24/h4-7,10-13,23-25H,1-3,8-9,14-18H2,(H,29,33)(H,30,34)(H,31,32)/t23-,25+/m1/s1. The van der Waals surface area contributed by atoms with Crippen LogP contribution in [0, 0.1) is 5.92 Å². The number of alkyl carbamates (subject to hydrolysis) is 1. The lowest BCUT2D eigenvalue weighted by molar-refractivity contribution is -0.137. The first kappa shape index (κ1) is 24.8. The molecule has 0 spiro atoms. The minimum absolute atomic E-state index is 0.00585. The Morgan fingerprint density at radius 3 is 2.23 bits per heavy atom. The van der Waals surface area contributed by atoms with Crippen molar-refractivity contribution in [2.45, 2.75) is 63.3 Å². The summed E-state index contributed by atoms with van der Waals surface area (Å²) in [5.74, 6) is -1.04. The van der Waals surface area contributed by atoms with Gasteiger partial charge in [-0.15, -0.1) is 0 Å². The zero-order valence-corrected chi connectivity index (χ0v) is 20.0. The molecule has 2 aliphatic rings. The number of hydrogen-bond donors (Lipinski definition) is 3. The van der Waals surface area contributed by atoms with Crippen LogP contribution in [0.3, 0.4) is 0 Å². The quantitative estimate of drug-likeness (QED) is 0.401. The van der Waals surface area contributed by atoms with Gasteiger partial charge in [-0.3, -0.25) is 9.59 Å². The van der Waals surface area contributed by atoms with Crippen LogP contribution in [0.25, 0.3) is 11.1 Å². The molecule has 0 saturated heterocycles. The summed E-state index contributed by atoms with van der Waals surface area (Å²) in [6.07, 6.45) is 5.34. The summed E-state index contributed by atoms with van der Waals surface area (Å²) in [4.78, 5) is 35.9. The van der Waals surface area contributed by atoms with E-state index in [9.17, 15) is 14.4 Å². The van der Waals surface area contributed by atoms with Gasteiger partial charge in [-0.2, -0.15) is 0 Å². The number of unbranched alkanes of at least 4 members (excludes halogenated alkanes) is 3. The third-order valence-corrected chi connectivity index (χ3v) is 7.12. The number of hydrogen-bond acceptors (Lipinski definition) is 4. The average Bonchev–Trinajstić information content (AvgIpc) is 3.44.